The van der Waals surface area contributed by atoms with Gasteiger partial charge in [0.25, 0.3) is 11.3 Å². The van der Waals surface area contributed by atoms with Crippen LogP contribution in [0.4, 0.5) is 4.39 Å². The molecule has 6 nitrogen and oxygen atoms in total. The summed E-state index contributed by atoms with van der Waals surface area (Å²) < 4.78 is 17.1. The van der Waals surface area contributed by atoms with Crippen molar-refractivity contribution in [2.75, 3.05) is 0 Å². The first-order valence-electron chi connectivity index (χ1n) is 10.5. The second kappa shape index (κ2) is 7.00. The molecule has 0 bridgehead atoms. The van der Waals surface area contributed by atoms with Crippen molar-refractivity contribution in [3.63, 3.8) is 0 Å². The number of hydrogen-bond donors (Lipinski definition) is 0. The smallest absolute Gasteiger partial charge is 0.262 e. The van der Waals surface area contributed by atoms with Crippen molar-refractivity contribution in [2.45, 2.75) is 46.1 Å². The van der Waals surface area contributed by atoms with E-state index in [1.807, 2.05) is 16.8 Å². The molecule has 0 aliphatic heterocycles. The molecule has 0 N–H and O–H groups in total. The number of hydrogen-bond acceptors (Lipinski definition) is 4. The van der Waals surface area contributed by atoms with Crippen LogP contribution in [0.3, 0.4) is 0 Å². The van der Waals surface area contributed by atoms with Crippen molar-refractivity contribution < 1.29 is 4.39 Å². The van der Waals surface area contributed by atoms with E-state index in [2.05, 4.69) is 28.9 Å². The van der Waals surface area contributed by atoms with Crippen LogP contribution in [0.15, 0.2) is 41.3 Å². The predicted octanol–water partition coefficient (Wildman–Crippen LogP) is 4.55. The maximum Gasteiger partial charge on any atom is 0.262 e. The van der Waals surface area contributed by atoms with Crippen molar-refractivity contribution in [2.24, 2.45) is 11.8 Å². The number of pyridine rings is 1. The SMILES string of the molecule is Cc1nc2nc3ccn(C4CCCC(C)C4C)c(=O)c3c(-c3ccc(F)cc3)n2n1. The Hall–Kier alpha value is -3.09. The molecule has 3 heterocycles. The van der Waals surface area contributed by atoms with Crippen LogP contribution in [0.2, 0.25) is 0 Å². The highest BCUT2D eigenvalue weighted by atomic mass is 19.1. The Balaban J connectivity index is 1.83. The third-order valence-corrected chi connectivity index (χ3v) is 6.60. The summed E-state index contributed by atoms with van der Waals surface area (Å²) in [5.74, 6) is 1.65. The molecule has 1 aliphatic carbocycles. The van der Waals surface area contributed by atoms with Gasteiger partial charge >= 0.3 is 0 Å². The molecule has 1 saturated carbocycles. The molecular weight excluding hydrogens is 381 g/mol. The van der Waals surface area contributed by atoms with E-state index in [4.69, 9.17) is 0 Å². The average Bonchev–Trinajstić information content (AvgIpc) is 3.10. The lowest BCUT2D eigenvalue weighted by Crippen LogP contribution is -2.33. The van der Waals surface area contributed by atoms with Crippen LogP contribution in [-0.2, 0) is 0 Å². The Morgan fingerprint density at radius 1 is 1.07 bits per heavy atom. The Bertz CT molecular complexity index is 1310. The number of fused-ring (bicyclic) bond motifs is 2. The summed E-state index contributed by atoms with van der Waals surface area (Å²) in [7, 11) is 0. The Labute approximate surface area is 173 Å². The Morgan fingerprint density at radius 3 is 2.60 bits per heavy atom. The van der Waals surface area contributed by atoms with E-state index < -0.39 is 0 Å². The normalized spacial score (nSPS) is 22.1. The van der Waals surface area contributed by atoms with Crippen LogP contribution in [0.1, 0.15) is 45.0 Å². The lowest BCUT2D eigenvalue weighted by molar-refractivity contribution is 0.183. The second-order valence-electron chi connectivity index (χ2n) is 8.46. The number of aryl methyl sites for hydroxylation is 1. The fourth-order valence-electron chi connectivity index (χ4n) is 4.78. The summed E-state index contributed by atoms with van der Waals surface area (Å²) in [5, 5.41) is 4.97. The second-order valence-corrected chi connectivity index (χ2v) is 8.46. The molecule has 30 heavy (non-hydrogen) atoms. The first-order chi connectivity index (χ1) is 14.4. The molecule has 154 valence electrons. The molecule has 1 aliphatic rings. The molecule has 0 saturated heterocycles. The van der Waals surface area contributed by atoms with Gasteiger partial charge in [0.1, 0.15) is 11.6 Å². The molecule has 0 amide bonds. The minimum atomic E-state index is -0.328. The van der Waals surface area contributed by atoms with Gasteiger partial charge in [-0.25, -0.2) is 9.37 Å². The highest BCUT2D eigenvalue weighted by Crippen LogP contribution is 2.37. The van der Waals surface area contributed by atoms with Crippen LogP contribution in [0.25, 0.3) is 27.9 Å². The maximum atomic E-state index is 13.8. The molecule has 1 fully saturated rings. The van der Waals surface area contributed by atoms with Crippen LogP contribution in [0, 0.1) is 24.6 Å². The molecule has 1 aromatic carbocycles. The first-order valence-corrected chi connectivity index (χ1v) is 10.5. The van der Waals surface area contributed by atoms with E-state index in [1.54, 1.807) is 23.6 Å². The van der Waals surface area contributed by atoms with Crippen molar-refractivity contribution in [1.82, 2.24) is 24.1 Å². The summed E-state index contributed by atoms with van der Waals surface area (Å²) in [6.45, 7) is 6.28. The molecule has 5 rings (SSSR count). The maximum absolute atomic E-state index is 13.8. The fraction of sp³-hybridized carbons (Fsp3) is 0.391. The van der Waals surface area contributed by atoms with E-state index in [1.165, 1.54) is 18.6 Å². The zero-order valence-corrected chi connectivity index (χ0v) is 17.3. The predicted molar refractivity (Wildman–Crippen MR) is 114 cm³/mol. The van der Waals surface area contributed by atoms with Crippen molar-refractivity contribution in [1.29, 1.82) is 0 Å². The molecule has 0 radical (unpaired) electrons. The van der Waals surface area contributed by atoms with Crippen LogP contribution < -0.4 is 5.56 Å². The number of nitrogens with zero attached hydrogens (tertiary/aromatic N) is 5. The quantitative estimate of drug-likeness (QED) is 0.491. The van der Waals surface area contributed by atoms with Gasteiger partial charge in [-0.1, -0.05) is 26.7 Å². The lowest BCUT2D eigenvalue weighted by Gasteiger charge is -2.35. The molecule has 0 spiro atoms. The van der Waals surface area contributed by atoms with Gasteiger partial charge in [-0.2, -0.15) is 9.50 Å². The fourth-order valence-corrected chi connectivity index (χ4v) is 4.78. The summed E-state index contributed by atoms with van der Waals surface area (Å²) in [6.07, 6.45) is 5.16. The average molecular weight is 405 g/mol. The number of aromatic nitrogens is 5. The van der Waals surface area contributed by atoms with E-state index in [9.17, 15) is 9.18 Å². The number of halogens is 1. The van der Waals surface area contributed by atoms with E-state index in [-0.39, 0.29) is 17.4 Å². The summed E-state index contributed by atoms with van der Waals surface area (Å²) in [4.78, 5) is 22.8. The molecule has 7 heteroatoms. The Morgan fingerprint density at radius 2 is 1.83 bits per heavy atom. The van der Waals surface area contributed by atoms with Gasteiger partial charge in [-0.3, -0.25) is 4.79 Å². The monoisotopic (exact) mass is 405 g/mol. The standard InChI is InChI=1S/C23H24FN5O/c1-13-5-4-6-19(14(13)2)28-12-11-18-20(22(28)30)21(16-7-9-17(24)10-8-16)29-23(26-18)25-15(3)27-29/h7-14,19H,4-6H2,1-3H3. The highest BCUT2D eigenvalue weighted by molar-refractivity contribution is 5.93. The largest absolute Gasteiger partial charge is 0.311 e. The molecule has 4 aromatic rings. The highest BCUT2D eigenvalue weighted by Gasteiger charge is 2.30. The molecular formula is C23H24FN5O. The van der Waals surface area contributed by atoms with Crippen molar-refractivity contribution >= 4 is 16.7 Å². The zero-order valence-electron chi connectivity index (χ0n) is 17.3. The lowest BCUT2D eigenvalue weighted by atomic mass is 9.78. The van der Waals surface area contributed by atoms with Gasteiger partial charge < -0.3 is 4.57 Å². The van der Waals surface area contributed by atoms with Gasteiger partial charge in [-0.15, -0.1) is 5.10 Å². The van der Waals surface area contributed by atoms with Crippen LogP contribution in [-0.4, -0.2) is 24.1 Å². The van der Waals surface area contributed by atoms with Gasteiger partial charge in [0.05, 0.1) is 16.6 Å². The van der Waals surface area contributed by atoms with E-state index >= 15 is 0 Å². The Kier molecular flexibility index (Phi) is 4.41. The summed E-state index contributed by atoms with van der Waals surface area (Å²) in [6, 6.07) is 8.16. The topological polar surface area (TPSA) is 65.1 Å². The molecule has 3 aromatic heterocycles. The van der Waals surface area contributed by atoms with Crippen LogP contribution in [0.5, 0.6) is 0 Å². The summed E-state index contributed by atoms with van der Waals surface area (Å²) >= 11 is 0. The zero-order chi connectivity index (χ0) is 21.0. The van der Waals surface area contributed by atoms with Gasteiger partial charge in [0.2, 0.25) is 0 Å². The third-order valence-electron chi connectivity index (χ3n) is 6.60. The van der Waals surface area contributed by atoms with Gasteiger partial charge in [0.15, 0.2) is 0 Å². The van der Waals surface area contributed by atoms with Gasteiger partial charge in [0, 0.05) is 17.8 Å². The van der Waals surface area contributed by atoms with Crippen molar-refractivity contribution in [3.05, 3.63) is 58.5 Å². The third kappa shape index (κ3) is 2.91. The number of benzene rings is 1. The minimum absolute atomic E-state index is 0.0830. The minimum Gasteiger partial charge on any atom is -0.311 e. The van der Waals surface area contributed by atoms with Gasteiger partial charge in [-0.05, 0) is 55.5 Å². The molecule has 3 unspecified atom stereocenters. The molecule has 3 atom stereocenters. The van der Waals surface area contributed by atoms with E-state index in [0.717, 1.165) is 12.8 Å². The first kappa shape index (κ1) is 18.9. The summed E-state index contributed by atoms with van der Waals surface area (Å²) in [5.41, 5.74) is 1.80. The van der Waals surface area contributed by atoms with E-state index in [0.29, 0.717) is 45.6 Å². The van der Waals surface area contributed by atoms with Crippen molar-refractivity contribution in [3.8, 4) is 11.3 Å². The number of rotatable bonds is 2. The van der Waals surface area contributed by atoms with Crippen LogP contribution >= 0.6 is 0 Å².